The highest BCUT2D eigenvalue weighted by Gasteiger charge is 2.45. The number of hydrogen-bond donors (Lipinski definition) is 2. The number of rotatable bonds is 16. The Morgan fingerprint density at radius 1 is 1.11 bits per heavy atom. The van der Waals surface area contributed by atoms with Gasteiger partial charge >= 0.3 is 0 Å². The summed E-state index contributed by atoms with van der Waals surface area (Å²) in [5.74, 6) is -0.964. The summed E-state index contributed by atoms with van der Waals surface area (Å²) in [4.78, 5) is 51.3. The predicted octanol–water partition coefficient (Wildman–Crippen LogP) is 5.13. The van der Waals surface area contributed by atoms with Crippen molar-refractivity contribution in [2.24, 2.45) is 17.3 Å². The van der Waals surface area contributed by atoms with Crippen molar-refractivity contribution in [2.45, 2.75) is 117 Å². The number of benzene rings is 1. The zero-order valence-electron chi connectivity index (χ0n) is 27.1. The molecule has 0 spiro atoms. The fourth-order valence-electron chi connectivity index (χ4n) is 6.71. The number of amides is 3. The third kappa shape index (κ3) is 10.6. The van der Waals surface area contributed by atoms with E-state index in [4.69, 9.17) is 9.57 Å². The van der Waals surface area contributed by atoms with E-state index >= 15 is 0 Å². The van der Waals surface area contributed by atoms with Gasteiger partial charge in [0.2, 0.25) is 11.8 Å². The fourth-order valence-corrected chi connectivity index (χ4v) is 6.71. The first-order valence-corrected chi connectivity index (χ1v) is 16.9. The lowest BCUT2D eigenvalue weighted by Gasteiger charge is -2.38. The zero-order chi connectivity index (χ0) is 31.9. The molecule has 248 valence electrons. The van der Waals surface area contributed by atoms with Crippen molar-refractivity contribution in [3.05, 3.63) is 48.5 Å². The maximum absolute atomic E-state index is 14.3. The van der Waals surface area contributed by atoms with Crippen LogP contribution < -0.4 is 10.9 Å². The first kappa shape index (κ1) is 34.6. The summed E-state index contributed by atoms with van der Waals surface area (Å²) in [5.41, 5.74) is 5.58. The van der Waals surface area contributed by atoms with Crippen LogP contribution in [0.4, 0.5) is 0 Å². The Bertz CT molecular complexity index is 1170. The van der Waals surface area contributed by atoms with Crippen LogP contribution in [0.25, 0.3) is 0 Å². The molecule has 45 heavy (non-hydrogen) atoms. The zero-order valence-corrected chi connectivity index (χ0v) is 27.1. The van der Waals surface area contributed by atoms with E-state index in [0.717, 1.165) is 31.2 Å². The Hall–Kier alpha value is -3.31. The predicted molar refractivity (Wildman–Crippen MR) is 170 cm³/mol. The molecule has 2 N–H and O–H groups in total. The number of hydrazine groups is 1. The first-order chi connectivity index (χ1) is 21.9. The van der Waals surface area contributed by atoms with Gasteiger partial charge in [-0.05, 0) is 50.5 Å². The third-order valence-electron chi connectivity index (χ3n) is 9.40. The molecule has 4 rings (SSSR count). The molecule has 3 amide bonds. The van der Waals surface area contributed by atoms with Gasteiger partial charge in [0.15, 0.2) is 6.29 Å². The first-order valence-electron chi connectivity index (χ1n) is 16.9. The SMILES string of the molecule is CCC[C@@](C)(C(=O)NN(CCc1ccccc1)C(=O)Cn1cncn1)[C@H](CCCC1CCCCC1)C(=O)NOC1CCCCO1. The lowest BCUT2D eigenvalue weighted by molar-refractivity contribution is -0.204. The molecule has 1 saturated heterocycles. The van der Waals surface area contributed by atoms with Crippen molar-refractivity contribution in [1.29, 1.82) is 0 Å². The molecule has 1 aromatic heterocycles. The molecule has 0 bridgehead atoms. The monoisotopic (exact) mass is 624 g/mol. The van der Waals surface area contributed by atoms with Crippen LogP contribution in [0.5, 0.6) is 0 Å². The second kappa shape index (κ2) is 18.0. The molecule has 1 aliphatic heterocycles. The fraction of sp³-hybridized carbons (Fsp3) is 0.676. The van der Waals surface area contributed by atoms with Gasteiger partial charge in [0.25, 0.3) is 5.91 Å². The standard InChI is InChI=1S/C34H52N6O5/c1-3-21-34(2,29(18-12-17-27-13-6-4-7-14-27)32(42)38-45-31-19-10-11-23-44-31)33(43)37-40(22-20-28-15-8-5-9-16-28)30(41)24-39-26-35-25-36-39/h5,8-9,15-16,25-27,29,31H,3-4,6-7,10-14,17-24H2,1-2H3,(H,37,43)(H,38,42)/t29-,31?,34-/m1/s1. The topological polar surface area (TPSA) is 128 Å². The average Bonchev–Trinajstić information content (AvgIpc) is 3.58. The Kier molecular flexibility index (Phi) is 13.8. The normalized spacial score (nSPS) is 19.3. The van der Waals surface area contributed by atoms with Gasteiger partial charge in [-0.2, -0.15) is 5.10 Å². The molecule has 3 atom stereocenters. The second-order valence-corrected chi connectivity index (χ2v) is 12.9. The number of hydrogen-bond acceptors (Lipinski definition) is 7. The second-order valence-electron chi connectivity index (χ2n) is 12.9. The maximum Gasteiger partial charge on any atom is 0.262 e. The smallest absolute Gasteiger partial charge is 0.262 e. The number of ether oxygens (including phenoxy) is 1. The molecule has 11 heteroatoms. The highest BCUT2D eigenvalue weighted by atomic mass is 16.8. The molecule has 2 aliphatic rings. The molecular weight excluding hydrogens is 572 g/mol. The molecule has 2 fully saturated rings. The van der Waals surface area contributed by atoms with Gasteiger partial charge in [-0.15, -0.1) is 0 Å². The highest BCUT2D eigenvalue weighted by Crippen LogP contribution is 2.38. The minimum Gasteiger partial charge on any atom is -0.350 e. The van der Waals surface area contributed by atoms with Crippen LogP contribution in [0.1, 0.15) is 103 Å². The van der Waals surface area contributed by atoms with Crippen molar-refractivity contribution < 1.29 is 24.0 Å². The van der Waals surface area contributed by atoms with Crippen molar-refractivity contribution in [2.75, 3.05) is 13.2 Å². The van der Waals surface area contributed by atoms with Crippen LogP contribution in [0.2, 0.25) is 0 Å². The summed E-state index contributed by atoms with van der Waals surface area (Å²) in [7, 11) is 0. The van der Waals surface area contributed by atoms with E-state index < -0.39 is 17.6 Å². The molecule has 2 heterocycles. The highest BCUT2D eigenvalue weighted by molar-refractivity contribution is 5.91. The summed E-state index contributed by atoms with van der Waals surface area (Å²) in [6.07, 6.45) is 15.5. The van der Waals surface area contributed by atoms with E-state index in [0.29, 0.717) is 44.6 Å². The molecule has 1 saturated carbocycles. The molecule has 1 aliphatic carbocycles. The van der Waals surface area contributed by atoms with Gasteiger partial charge < -0.3 is 4.74 Å². The van der Waals surface area contributed by atoms with E-state index in [9.17, 15) is 14.4 Å². The van der Waals surface area contributed by atoms with Gasteiger partial charge in [0.1, 0.15) is 19.2 Å². The lowest BCUT2D eigenvalue weighted by atomic mass is 9.70. The number of hydroxylamine groups is 1. The van der Waals surface area contributed by atoms with Crippen molar-refractivity contribution in [3.8, 4) is 0 Å². The molecule has 0 radical (unpaired) electrons. The minimum absolute atomic E-state index is 0.0694. The van der Waals surface area contributed by atoms with Crippen molar-refractivity contribution in [1.82, 2.24) is 30.7 Å². The van der Waals surface area contributed by atoms with Crippen LogP contribution >= 0.6 is 0 Å². The molecule has 11 nitrogen and oxygen atoms in total. The number of aromatic nitrogens is 3. The van der Waals surface area contributed by atoms with Gasteiger partial charge in [0, 0.05) is 19.6 Å². The molecule has 2 aromatic rings. The summed E-state index contributed by atoms with van der Waals surface area (Å²) in [6, 6.07) is 9.83. The van der Waals surface area contributed by atoms with E-state index in [-0.39, 0.29) is 30.8 Å². The van der Waals surface area contributed by atoms with Gasteiger partial charge in [-0.25, -0.2) is 20.0 Å². The van der Waals surface area contributed by atoms with Gasteiger partial charge in [-0.3, -0.25) is 24.8 Å². The van der Waals surface area contributed by atoms with Crippen LogP contribution in [-0.2, 0) is 36.9 Å². The van der Waals surface area contributed by atoms with Crippen LogP contribution in [0.3, 0.4) is 0 Å². The molecule has 1 aromatic carbocycles. The van der Waals surface area contributed by atoms with Crippen LogP contribution in [0, 0.1) is 17.3 Å². The molecule has 1 unspecified atom stereocenters. The van der Waals surface area contributed by atoms with Crippen LogP contribution in [-0.4, -0.2) is 56.9 Å². The number of carbonyl (C=O) groups is 3. The summed E-state index contributed by atoms with van der Waals surface area (Å²) in [5, 5.41) is 5.43. The summed E-state index contributed by atoms with van der Waals surface area (Å²) < 4.78 is 7.09. The van der Waals surface area contributed by atoms with E-state index in [1.807, 2.05) is 44.2 Å². The average molecular weight is 625 g/mol. The Morgan fingerprint density at radius 2 is 1.89 bits per heavy atom. The summed E-state index contributed by atoms with van der Waals surface area (Å²) in [6.45, 7) is 4.66. The Balaban J connectivity index is 1.51. The van der Waals surface area contributed by atoms with Gasteiger partial charge in [0.05, 0.1) is 11.3 Å². The quantitative estimate of drug-likeness (QED) is 0.248. The minimum atomic E-state index is -1.08. The summed E-state index contributed by atoms with van der Waals surface area (Å²) >= 11 is 0. The lowest BCUT2D eigenvalue weighted by Crippen LogP contribution is -2.56. The Labute approximate surface area is 267 Å². The third-order valence-corrected chi connectivity index (χ3v) is 9.40. The van der Waals surface area contributed by atoms with Crippen LogP contribution in [0.15, 0.2) is 43.0 Å². The van der Waals surface area contributed by atoms with Gasteiger partial charge in [-0.1, -0.05) is 88.6 Å². The largest absolute Gasteiger partial charge is 0.350 e. The number of nitrogens with one attached hydrogen (secondary N) is 2. The van der Waals surface area contributed by atoms with Crippen molar-refractivity contribution >= 4 is 17.7 Å². The number of carbonyl (C=O) groups excluding carboxylic acids is 3. The maximum atomic E-state index is 14.3. The number of nitrogens with zero attached hydrogens (tertiary/aromatic N) is 4. The molecular formula is C34H52N6O5. The van der Waals surface area contributed by atoms with E-state index in [2.05, 4.69) is 21.0 Å². The van der Waals surface area contributed by atoms with E-state index in [1.54, 1.807) is 0 Å². The van der Waals surface area contributed by atoms with E-state index in [1.165, 1.54) is 54.4 Å². The Morgan fingerprint density at radius 3 is 2.58 bits per heavy atom. The van der Waals surface area contributed by atoms with Crippen molar-refractivity contribution in [3.63, 3.8) is 0 Å².